The molecule has 6 nitrogen and oxygen atoms in total. The van der Waals surface area contributed by atoms with Crippen molar-refractivity contribution in [3.8, 4) is 11.5 Å². The number of piperazine rings is 1. The Morgan fingerprint density at radius 3 is 2.28 bits per heavy atom. The molecule has 0 saturated carbocycles. The lowest BCUT2D eigenvalue weighted by Crippen LogP contribution is -3.19. The van der Waals surface area contributed by atoms with Crippen molar-refractivity contribution in [1.29, 1.82) is 0 Å². The van der Waals surface area contributed by atoms with Gasteiger partial charge in [-0.15, -0.1) is 0 Å². The number of benzene rings is 2. The first-order chi connectivity index (χ1) is 14.1. The number of quaternary nitrogens is 1. The van der Waals surface area contributed by atoms with E-state index in [1.54, 1.807) is 0 Å². The average molecular weight is 399 g/mol. The third-order valence-electron chi connectivity index (χ3n) is 5.36. The normalized spacial score (nSPS) is 15.6. The molecule has 1 aliphatic heterocycles. The Labute approximate surface area is 173 Å². The Bertz CT molecular complexity index is 803. The van der Waals surface area contributed by atoms with Crippen molar-refractivity contribution in [2.75, 3.05) is 49.6 Å². The second-order valence-electron chi connectivity index (χ2n) is 7.19. The number of hydrogen-bond donors (Lipinski definition) is 2. The van der Waals surface area contributed by atoms with Gasteiger partial charge < -0.3 is 24.6 Å². The number of nitrogens with one attached hydrogen (secondary N) is 2. The largest absolute Gasteiger partial charge is 0.492 e. The summed E-state index contributed by atoms with van der Waals surface area (Å²) in [5.74, 6) is 1.66. The predicted octanol–water partition coefficient (Wildman–Crippen LogP) is 2.22. The summed E-state index contributed by atoms with van der Waals surface area (Å²) in [6.07, 6.45) is 0. The third kappa shape index (κ3) is 5.21. The molecule has 1 amide bonds. The Balaban J connectivity index is 1.59. The smallest absolute Gasteiger partial charge is 0.282 e. The Morgan fingerprint density at radius 1 is 1.00 bits per heavy atom. The Kier molecular flexibility index (Phi) is 7.36. The van der Waals surface area contributed by atoms with Crippen LogP contribution in [-0.4, -0.2) is 51.3 Å². The molecule has 0 spiro atoms. The van der Waals surface area contributed by atoms with Crippen molar-refractivity contribution in [2.45, 2.75) is 26.8 Å². The van der Waals surface area contributed by atoms with E-state index < -0.39 is 0 Å². The van der Waals surface area contributed by atoms with Gasteiger partial charge in [0.15, 0.2) is 6.04 Å². The van der Waals surface area contributed by atoms with Crippen molar-refractivity contribution in [3.05, 3.63) is 48.5 Å². The summed E-state index contributed by atoms with van der Waals surface area (Å²) >= 11 is 0. The molecule has 2 aromatic rings. The zero-order valence-corrected chi connectivity index (χ0v) is 17.6. The number of anilines is 2. The van der Waals surface area contributed by atoms with Crippen LogP contribution in [0.4, 0.5) is 11.4 Å². The van der Waals surface area contributed by atoms with E-state index in [-0.39, 0.29) is 11.9 Å². The highest BCUT2D eigenvalue weighted by atomic mass is 16.5. The van der Waals surface area contributed by atoms with E-state index >= 15 is 0 Å². The Hall–Kier alpha value is -2.73. The quantitative estimate of drug-likeness (QED) is 0.716. The van der Waals surface area contributed by atoms with Crippen molar-refractivity contribution >= 4 is 17.3 Å². The first-order valence-electron chi connectivity index (χ1n) is 10.5. The molecule has 0 aliphatic carbocycles. The lowest BCUT2D eigenvalue weighted by Gasteiger charge is -2.36. The van der Waals surface area contributed by atoms with Crippen LogP contribution in [0.15, 0.2) is 48.5 Å². The van der Waals surface area contributed by atoms with E-state index in [0.717, 1.165) is 43.3 Å². The first-order valence-corrected chi connectivity index (χ1v) is 10.5. The molecule has 2 N–H and O–H groups in total. The van der Waals surface area contributed by atoms with Gasteiger partial charge >= 0.3 is 0 Å². The summed E-state index contributed by atoms with van der Waals surface area (Å²) in [4.78, 5) is 16.5. The predicted molar refractivity (Wildman–Crippen MR) is 116 cm³/mol. The summed E-state index contributed by atoms with van der Waals surface area (Å²) < 4.78 is 11.4. The fourth-order valence-corrected chi connectivity index (χ4v) is 3.74. The number of carbonyl (C=O) groups is 1. The van der Waals surface area contributed by atoms with Gasteiger partial charge in [0.05, 0.1) is 50.8 Å². The van der Waals surface area contributed by atoms with Gasteiger partial charge in [-0.1, -0.05) is 24.3 Å². The van der Waals surface area contributed by atoms with Crippen LogP contribution < -0.4 is 24.6 Å². The van der Waals surface area contributed by atoms with E-state index in [2.05, 4.69) is 16.3 Å². The molecule has 1 heterocycles. The molecule has 2 aromatic carbocycles. The molecule has 1 atom stereocenters. The van der Waals surface area contributed by atoms with Crippen molar-refractivity contribution in [1.82, 2.24) is 0 Å². The molecule has 1 fully saturated rings. The van der Waals surface area contributed by atoms with Crippen molar-refractivity contribution in [2.24, 2.45) is 0 Å². The maximum atomic E-state index is 12.8. The zero-order valence-electron chi connectivity index (χ0n) is 17.6. The SMILES string of the molecule is CCOc1ccccc1NC(=O)[C@H](C)[NH+]1CCN(c2ccccc2OCC)CC1. The molecule has 6 heteroatoms. The molecule has 0 bridgehead atoms. The second-order valence-corrected chi connectivity index (χ2v) is 7.19. The molecule has 0 aromatic heterocycles. The van der Waals surface area contributed by atoms with E-state index in [1.165, 1.54) is 4.90 Å². The standard InChI is InChI=1S/C23H31N3O3/c1-4-28-21-12-8-6-10-19(21)24-23(27)18(3)25-14-16-26(17-15-25)20-11-7-9-13-22(20)29-5-2/h6-13,18H,4-5,14-17H2,1-3H3,(H,24,27)/p+1/t18-/m0/s1. The highest BCUT2D eigenvalue weighted by Crippen LogP contribution is 2.28. The van der Waals surface area contributed by atoms with E-state index in [9.17, 15) is 4.79 Å². The van der Waals surface area contributed by atoms with Gasteiger partial charge in [-0.2, -0.15) is 0 Å². The fraction of sp³-hybridized carbons (Fsp3) is 0.435. The first kappa shape index (κ1) is 21.0. The maximum Gasteiger partial charge on any atom is 0.282 e. The third-order valence-corrected chi connectivity index (χ3v) is 5.36. The van der Waals surface area contributed by atoms with Gasteiger partial charge in [0, 0.05) is 0 Å². The van der Waals surface area contributed by atoms with Crippen LogP contribution in [0, 0.1) is 0 Å². The van der Waals surface area contributed by atoms with Crippen LogP contribution in [0.2, 0.25) is 0 Å². The number of amides is 1. The average Bonchev–Trinajstić information content (AvgIpc) is 2.75. The molecule has 0 radical (unpaired) electrons. The van der Waals surface area contributed by atoms with Crippen LogP contribution in [0.1, 0.15) is 20.8 Å². The minimum atomic E-state index is -0.131. The second kappa shape index (κ2) is 10.2. The van der Waals surface area contributed by atoms with Crippen molar-refractivity contribution < 1.29 is 19.2 Å². The minimum absolute atomic E-state index is 0.0234. The number of ether oxygens (including phenoxy) is 2. The maximum absolute atomic E-state index is 12.8. The summed E-state index contributed by atoms with van der Waals surface area (Å²) in [7, 11) is 0. The van der Waals surface area contributed by atoms with Crippen molar-refractivity contribution in [3.63, 3.8) is 0 Å². The van der Waals surface area contributed by atoms with E-state index in [1.807, 2.05) is 63.2 Å². The van der Waals surface area contributed by atoms with Gasteiger partial charge in [-0.3, -0.25) is 4.79 Å². The fourth-order valence-electron chi connectivity index (χ4n) is 3.74. The number of hydrogen-bond acceptors (Lipinski definition) is 4. The number of nitrogens with zero attached hydrogens (tertiary/aromatic N) is 1. The molecule has 3 rings (SSSR count). The molecular weight excluding hydrogens is 366 g/mol. The number of carbonyl (C=O) groups excluding carboxylic acids is 1. The lowest BCUT2D eigenvalue weighted by atomic mass is 10.2. The highest BCUT2D eigenvalue weighted by molar-refractivity contribution is 5.94. The molecule has 156 valence electrons. The lowest BCUT2D eigenvalue weighted by molar-refractivity contribution is -0.914. The van der Waals surface area contributed by atoms with Crippen LogP contribution in [0.25, 0.3) is 0 Å². The van der Waals surface area contributed by atoms with Crippen LogP contribution in [0.3, 0.4) is 0 Å². The summed E-state index contributed by atoms with van der Waals surface area (Å²) in [6.45, 7) is 10.8. The molecule has 1 aliphatic rings. The highest BCUT2D eigenvalue weighted by Gasteiger charge is 2.30. The summed E-state index contributed by atoms with van der Waals surface area (Å²) in [6, 6.07) is 15.6. The number of rotatable bonds is 8. The van der Waals surface area contributed by atoms with Crippen LogP contribution in [0.5, 0.6) is 11.5 Å². The molecule has 0 unspecified atom stereocenters. The van der Waals surface area contributed by atoms with Gasteiger partial charge in [-0.05, 0) is 45.0 Å². The molecule has 29 heavy (non-hydrogen) atoms. The van der Waals surface area contributed by atoms with Gasteiger partial charge in [0.1, 0.15) is 11.5 Å². The number of para-hydroxylation sites is 4. The Morgan fingerprint density at radius 2 is 1.59 bits per heavy atom. The van der Waals surface area contributed by atoms with E-state index in [0.29, 0.717) is 19.0 Å². The topological polar surface area (TPSA) is 55.2 Å². The monoisotopic (exact) mass is 398 g/mol. The van der Waals surface area contributed by atoms with Gasteiger partial charge in [0.2, 0.25) is 0 Å². The summed E-state index contributed by atoms with van der Waals surface area (Å²) in [5, 5.41) is 3.04. The summed E-state index contributed by atoms with van der Waals surface area (Å²) in [5.41, 5.74) is 1.87. The van der Waals surface area contributed by atoms with Gasteiger partial charge in [0.25, 0.3) is 5.91 Å². The van der Waals surface area contributed by atoms with Crippen LogP contribution >= 0.6 is 0 Å². The minimum Gasteiger partial charge on any atom is -0.492 e. The van der Waals surface area contributed by atoms with Gasteiger partial charge in [-0.25, -0.2) is 0 Å². The zero-order chi connectivity index (χ0) is 20.6. The van der Waals surface area contributed by atoms with E-state index in [4.69, 9.17) is 9.47 Å². The molecular formula is C23H32N3O3+. The molecule has 1 saturated heterocycles. The van der Waals surface area contributed by atoms with Crippen LogP contribution in [-0.2, 0) is 4.79 Å².